The maximum absolute atomic E-state index is 13.2. The molecule has 1 amide bonds. The van der Waals surface area contributed by atoms with E-state index in [1.165, 1.54) is 0 Å². The van der Waals surface area contributed by atoms with Crippen LogP contribution in [-0.2, 0) is 22.8 Å². The molecule has 13 heteroatoms. The highest BCUT2D eigenvalue weighted by Gasteiger charge is 2.55. The van der Waals surface area contributed by atoms with Gasteiger partial charge in [-0.3, -0.25) is 9.36 Å². The van der Waals surface area contributed by atoms with Crippen molar-refractivity contribution >= 4 is 42.0 Å². The van der Waals surface area contributed by atoms with Crippen molar-refractivity contribution < 1.29 is 22.8 Å². The predicted octanol–water partition coefficient (Wildman–Crippen LogP) is 8.50. The number of ether oxygens (including phenoxy) is 1. The number of amides is 1. The van der Waals surface area contributed by atoms with Crippen molar-refractivity contribution in [3.63, 3.8) is 0 Å². The highest BCUT2D eigenvalue weighted by Crippen LogP contribution is 2.50. The van der Waals surface area contributed by atoms with Gasteiger partial charge in [-0.05, 0) is 74.7 Å². The number of fused-ring (bicyclic) bond motifs is 1. The zero-order valence-corrected chi connectivity index (χ0v) is 36.7. The van der Waals surface area contributed by atoms with Crippen molar-refractivity contribution in [2.24, 2.45) is 5.92 Å². The zero-order valence-electron chi connectivity index (χ0n) is 33.7. The molecule has 10 nitrogen and oxygen atoms in total. The van der Waals surface area contributed by atoms with E-state index in [4.69, 9.17) is 33.0 Å². The number of imidazole rings is 1. The van der Waals surface area contributed by atoms with Crippen molar-refractivity contribution in [3.8, 4) is 0 Å². The summed E-state index contributed by atoms with van der Waals surface area (Å²) in [6.07, 6.45) is 2.58. The maximum atomic E-state index is 13.2. The van der Waals surface area contributed by atoms with Crippen LogP contribution in [-0.4, -0.2) is 93.3 Å². The number of hydrogen-bond acceptors (Lipinski definition) is 8. The van der Waals surface area contributed by atoms with Crippen molar-refractivity contribution in [2.75, 3.05) is 19.7 Å². The molecular weight excluding hydrogens is 667 g/mol. The maximum Gasteiger partial charge on any atom is 0.226 e. The fourth-order valence-corrected chi connectivity index (χ4v) is 9.36. The summed E-state index contributed by atoms with van der Waals surface area (Å²) in [5.41, 5.74) is 2.25. The third-order valence-electron chi connectivity index (χ3n) is 12.4. The van der Waals surface area contributed by atoms with Gasteiger partial charge >= 0.3 is 0 Å². The summed E-state index contributed by atoms with van der Waals surface area (Å²) >= 11 is 0. The molecule has 1 aliphatic heterocycles. The lowest BCUT2D eigenvalue weighted by molar-refractivity contribution is -0.132. The summed E-state index contributed by atoms with van der Waals surface area (Å²) in [4.78, 5) is 29.5. The Hall–Kier alpha value is -1.49. The molecule has 0 radical (unpaired) electrons. The van der Waals surface area contributed by atoms with E-state index in [-0.39, 0.29) is 45.1 Å². The second-order valence-corrected chi connectivity index (χ2v) is 33.2. The molecule has 0 N–H and O–H groups in total. The lowest BCUT2D eigenvalue weighted by Crippen LogP contribution is -2.54. The van der Waals surface area contributed by atoms with Gasteiger partial charge < -0.3 is 22.9 Å². The van der Waals surface area contributed by atoms with Crippen LogP contribution in [0.15, 0.2) is 12.7 Å². The minimum Gasteiger partial charge on any atom is -0.414 e. The molecule has 1 aliphatic carbocycles. The normalized spacial score (nSPS) is 25.7. The Balaban J connectivity index is 1.80. The first-order valence-corrected chi connectivity index (χ1v) is 27.1. The fourth-order valence-electron chi connectivity index (χ4n) is 5.74. The third-order valence-corrected chi connectivity index (χ3v) is 25.8. The molecule has 0 unspecified atom stereocenters. The zero-order chi connectivity index (χ0) is 37.1. The van der Waals surface area contributed by atoms with Crippen molar-refractivity contribution in [1.29, 1.82) is 0 Å². The summed E-state index contributed by atoms with van der Waals surface area (Å²) < 4.78 is 30.7. The number of carbonyl (C=O) groups is 1. The van der Waals surface area contributed by atoms with Crippen LogP contribution >= 0.6 is 0 Å². The van der Waals surface area contributed by atoms with Crippen LogP contribution in [0.25, 0.3) is 11.2 Å². The Morgan fingerprint density at radius 3 is 1.88 bits per heavy atom. The van der Waals surface area contributed by atoms with Gasteiger partial charge in [-0.15, -0.1) is 0 Å². The molecule has 1 saturated carbocycles. The fraction of sp³-hybridized carbons (Fsp3) is 0.833. The number of nitrogens with zero attached hydrogens (tertiary/aromatic N) is 5. The van der Waals surface area contributed by atoms with E-state index in [1.807, 2.05) is 29.6 Å². The molecule has 6 atom stereocenters. The van der Waals surface area contributed by atoms with E-state index >= 15 is 0 Å². The SMILES string of the molecule is CCN(CC)C(=O)[C@H]1C[C@@H]1c1ncnc2c1ncn2[C@@H]1O[C@H](CO[Si](C)(C)C(C)(C)C)[C@@H](O[Si](C)(C)C(C)(C)C)[C@H]1O[Si](C)(C)C(C)(C)C. The predicted molar refractivity (Wildman–Crippen MR) is 205 cm³/mol. The van der Waals surface area contributed by atoms with Crippen LogP contribution in [0.1, 0.15) is 100 Å². The van der Waals surface area contributed by atoms with Crippen molar-refractivity contribution in [1.82, 2.24) is 24.4 Å². The highest BCUT2D eigenvalue weighted by molar-refractivity contribution is 6.75. The molecule has 2 aromatic heterocycles. The average Bonchev–Trinajstić information content (AvgIpc) is 3.54. The standard InChI is InChI=1S/C36H67N5O5Si3/c1-18-40(19-2)32(42)25-20-24(25)27-28-31(38-22-37-27)41(23-39-28)33-30(46-49(16,17)36(9,10)11)29(45-48(14,15)35(6,7)8)26(44-33)21-43-47(12,13)34(3,4)5/h22-26,29-30,33H,18-21H2,1-17H3/t24-,25-,26+,29+,30+,33+/m0/s1. The van der Waals surface area contributed by atoms with E-state index in [1.54, 1.807) is 6.33 Å². The van der Waals surface area contributed by atoms with Gasteiger partial charge in [0, 0.05) is 24.9 Å². The second kappa shape index (κ2) is 13.8. The molecule has 0 bridgehead atoms. The Bertz CT molecular complexity index is 1470. The molecule has 49 heavy (non-hydrogen) atoms. The van der Waals surface area contributed by atoms with E-state index in [0.717, 1.165) is 17.6 Å². The van der Waals surface area contributed by atoms with Crippen LogP contribution < -0.4 is 0 Å². The highest BCUT2D eigenvalue weighted by atomic mass is 28.4. The van der Waals surface area contributed by atoms with Crippen LogP contribution in [0.3, 0.4) is 0 Å². The van der Waals surface area contributed by atoms with E-state index in [9.17, 15) is 4.79 Å². The number of rotatable bonds is 12. The van der Waals surface area contributed by atoms with Crippen LogP contribution in [0.5, 0.6) is 0 Å². The molecule has 3 heterocycles. The van der Waals surface area contributed by atoms with Crippen LogP contribution in [0, 0.1) is 5.92 Å². The van der Waals surface area contributed by atoms with Gasteiger partial charge in [-0.25, -0.2) is 15.0 Å². The minimum absolute atomic E-state index is 0.00928. The summed E-state index contributed by atoms with van der Waals surface area (Å²) in [5, 5.41) is 0.0171. The van der Waals surface area contributed by atoms with Gasteiger partial charge in [-0.2, -0.15) is 0 Å². The van der Waals surface area contributed by atoms with Gasteiger partial charge in [0.25, 0.3) is 0 Å². The van der Waals surface area contributed by atoms with Gasteiger partial charge in [-0.1, -0.05) is 62.3 Å². The lowest BCUT2D eigenvalue weighted by atomic mass is 10.1. The van der Waals surface area contributed by atoms with Gasteiger partial charge in [0.1, 0.15) is 30.2 Å². The molecule has 2 aliphatic rings. The molecule has 2 fully saturated rings. The van der Waals surface area contributed by atoms with Gasteiger partial charge in [0.15, 0.2) is 36.8 Å². The smallest absolute Gasteiger partial charge is 0.226 e. The first-order valence-electron chi connectivity index (χ1n) is 18.4. The minimum atomic E-state index is -2.32. The number of hydrogen-bond donors (Lipinski definition) is 0. The second-order valence-electron chi connectivity index (χ2n) is 18.9. The quantitative estimate of drug-likeness (QED) is 0.200. The van der Waals surface area contributed by atoms with E-state index < -0.39 is 37.3 Å². The first kappa shape index (κ1) is 40.3. The molecule has 0 spiro atoms. The molecule has 0 aromatic carbocycles. The Morgan fingerprint density at radius 1 is 0.837 bits per heavy atom. The Labute approximate surface area is 299 Å². The molecular formula is C36H67N5O5Si3. The number of aromatic nitrogens is 4. The summed E-state index contributed by atoms with van der Waals surface area (Å²) in [7, 11) is -6.70. The van der Waals surface area contributed by atoms with Crippen molar-refractivity contribution in [2.45, 2.75) is 167 Å². The van der Waals surface area contributed by atoms with Crippen LogP contribution in [0.2, 0.25) is 54.4 Å². The van der Waals surface area contributed by atoms with Gasteiger partial charge in [0.05, 0.1) is 18.6 Å². The lowest BCUT2D eigenvalue weighted by Gasteiger charge is -2.44. The first-order chi connectivity index (χ1) is 22.3. The third kappa shape index (κ3) is 8.12. The van der Waals surface area contributed by atoms with Crippen LogP contribution in [0.4, 0.5) is 0 Å². The largest absolute Gasteiger partial charge is 0.414 e. The van der Waals surface area contributed by atoms with Crippen molar-refractivity contribution in [3.05, 3.63) is 18.3 Å². The summed E-state index contributed by atoms with van der Waals surface area (Å²) in [5.74, 6) is 0.157. The summed E-state index contributed by atoms with van der Waals surface area (Å²) in [6.45, 7) is 40.1. The topological polar surface area (TPSA) is 101 Å². The molecule has 2 aromatic rings. The molecule has 4 rings (SSSR count). The van der Waals surface area contributed by atoms with Gasteiger partial charge in [0.2, 0.25) is 5.91 Å². The Kier molecular flexibility index (Phi) is 11.4. The van der Waals surface area contributed by atoms with E-state index in [2.05, 4.69) is 102 Å². The Morgan fingerprint density at radius 2 is 1.37 bits per heavy atom. The number of carbonyl (C=O) groups excluding carboxylic acids is 1. The molecule has 1 saturated heterocycles. The van der Waals surface area contributed by atoms with E-state index in [0.29, 0.717) is 25.3 Å². The summed E-state index contributed by atoms with van der Waals surface area (Å²) in [6, 6.07) is 0. The average molecular weight is 734 g/mol. The monoisotopic (exact) mass is 733 g/mol. The molecule has 278 valence electrons.